The summed E-state index contributed by atoms with van der Waals surface area (Å²) in [4.78, 5) is 21.4. The summed E-state index contributed by atoms with van der Waals surface area (Å²) in [7, 11) is -4.21. The molecule has 1 aliphatic rings. The average molecular weight is 542 g/mol. The van der Waals surface area contributed by atoms with Crippen molar-refractivity contribution in [3.8, 4) is 22.9 Å². The van der Waals surface area contributed by atoms with E-state index in [0.717, 1.165) is 25.7 Å². The molecule has 1 aliphatic carbocycles. The van der Waals surface area contributed by atoms with Gasteiger partial charge in [-0.25, -0.2) is 19.1 Å². The van der Waals surface area contributed by atoms with Crippen molar-refractivity contribution in [2.24, 2.45) is 11.8 Å². The predicted octanol–water partition coefficient (Wildman–Crippen LogP) is 5.40. The largest absolute Gasteiger partial charge is 0.493 e. The third-order valence-corrected chi connectivity index (χ3v) is 7.42. The highest BCUT2D eigenvalue weighted by atomic mass is 32.2. The van der Waals surface area contributed by atoms with Gasteiger partial charge >= 0.3 is 0 Å². The molecule has 0 saturated heterocycles. The second-order valence-electron chi connectivity index (χ2n) is 9.85. The molecule has 3 aromatic rings. The monoisotopic (exact) mass is 541 g/mol. The van der Waals surface area contributed by atoms with Crippen LogP contribution >= 0.6 is 0 Å². The van der Waals surface area contributed by atoms with Crippen molar-refractivity contribution in [2.45, 2.75) is 51.0 Å². The van der Waals surface area contributed by atoms with Crippen LogP contribution in [-0.4, -0.2) is 37.5 Å². The van der Waals surface area contributed by atoms with Crippen molar-refractivity contribution in [1.29, 1.82) is 0 Å². The third kappa shape index (κ3) is 7.28. The van der Waals surface area contributed by atoms with Gasteiger partial charge in [-0.15, -0.1) is 0 Å². The molecule has 0 bridgehead atoms. The van der Waals surface area contributed by atoms with E-state index in [2.05, 4.69) is 9.97 Å². The Balaban J connectivity index is 1.64. The van der Waals surface area contributed by atoms with Gasteiger partial charge in [-0.3, -0.25) is 4.79 Å². The van der Waals surface area contributed by atoms with Gasteiger partial charge in [-0.05, 0) is 61.1 Å². The highest BCUT2D eigenvalue weighted by molar-refractivity contribution is 7.90. The minimum atomic E-state index is -4.21. The number of hydrogen-bond acceptors (Lipinski definition) is 7. The van der Waals surface area contributed by atoms with Crippen LogP contribution in [0.1, 0.15) is 56.3 Å². The maximum atomic E-state index is 14.4. The fourth-order valence-electron chi connectivity index (χ4n) is 4.23. The number of amides is 1. The van der Waals surface area contributed by atoms with Crippen molar-refractivity contribution in [3.05, 3.63) is 66.1 Å². The van der Waals surface area contributed by atoms with Crippen molar-refractivity contribution >= 4 is 15.9 Å². The molecular weight excluding hydrogens is 509 g/mol. The Hall–Kier alpha value is -3.53. The molecule has 1 amide bonds. The van der Waals surface area contributed by atoms with Gasteiger partial charge in [-0.1, -0.05) is 39.2 Å². The Bertz CT molecular complexity index is 1360. The van der Waals surface area contributed by atoms with Crippen LogP contribution in [0.25, 0.3) is 11.3 Å². The zero-order chi connectivity index (χ0) is 27.1. The number of carbonyl (C=O) groups excluding carboxylic acids is 1. The van der Waals surface area contributed by atoms with Crippen LogP contribution in [-0.2, 0) is 10.0 Å². The first-order valence-electron chi connectivity index (χ1n) is 12.8. The molecule has 0 unspecified atom stereocenters. The van der Waals surface area contributed by atoms with E-state index in [1.54, 1.807) is 12.1 Å². The summed E-state index contributed by atoms with van der Waals surface area (Å²) in [5.41, 5.74) is 0.762. The van der Waals surface area contributed by atoms with Crippen LogP contribution in [0, 0.1) is 17.7 Å². The van der Waals surface area contributed by atoms with Gasteiger partial charge in [0, 0.05) is 17.8 Å². The summed E-state index contributed by atoms with van der Waals surface area (Å²) in [5.74, 6) is -0.462. The predicted molar refractivity (Wildman–Crippen MR) is 141 cm³/mol. The first-order chi connectivity index (χ1) is 18.2. The maximum absolute atomic E-state index is 14.4. The van der Waals surface area contributed by atoms with Crippen LogP contribution < -0.4 is 14.2 Å². The van der Waals surface area contributed by atoms with Gasteiger partial charge < -0.3 is 9.47 Å². The van der Waals surface area contributed by atoms with Gasteiger partial charge in [0.05, 0.1) is 18.9 Å². The van der Waals surface area contributed by atoms with Crippen molar-refractivity contribution in [2.75, 3.05) is 13.2 Å². The van der Waals surface area contributed by atoms with E-state index >= 15 is 0 Å². The quantitative estimate of drug-likeness (QED) is 0.366. The van der Waals surface area contributed by atoms with E-state index in [4.69, 9.17) is 9.47 Å². The first-order valence-corrected chi connectivity index (χ1v) is 14.3. The van der Waals surface area contributed by atoms with E-state index in [9.17, 15) is 17.6 Å². The molecule has 10 heteroatoms. The summed E-state index contributed by atoms with van der Waals surface area (Å²) in [6.07, 6.45) is 6.75. The number of halogens is 1. The molecule has 2 aromatic heterocycles. The van der Waals surface area contributed by atoms with Crippen LogP contribution in [0.5, 0.6) is 11.6 Å². The zero-order valence-electron chi connectivity index (χ0n) is 21.5. The molecule has 202 valence electrons. The minimum absolute atomic E-state index is 0.0179. The number of aromatic nitrogens is 2. The minimum Gasteiger partial charge on any atom is -0.493 e. The molecule has 0 radical (unpaired) electrons. The zero-order valence-corrected chi connectivity index (χ0v) is 22.3. The maximum Gasteiger partial charge on any atom is 0.281 e. The highest BCUT2D eigenvalue weighted by Gasteiger charge is 2.24. The van der Waals surface area contributed by atoms with Gasteiger partial charge in [0.25, 0.3) is 15.9 Å². The molecule has 0 aliphatic heterocycles. The number of sulfonamides is 1. The number of carbonyl (C=O) groups is 1. The van der Waals surface area contributed by atoms with Crippen molar-refractivity contribution < 1.29 is 27.1 Å². The van der Waals surface area contributed by atoms with E-state index in [1.165, 1.54) is 49.0 Å². The second kappa shape index (κ2) is 12.3. The Kier molecular flexibility index (Phi) is 8.93. The van der Waals surface area contributed by atoms with Crippen molar-refractivity contribution in [1.82, 2.24) is 14.7 Å². The lowest BCUT2D eigenvalue weighted by Crippen LogP contribution is -2.31. The molecule has 38 heavy (non-hydrogen) atoms. The standard InChI is InChI=1S/C28H32FN3O5S/c1-19(2)17-36-23-15-21(14-22(29)16-23)25-12-11-24(28(31-25)37-18-20-8-4-3-5-9-20)27(33)32-38(34,35)26-10-6-7-13-30-26/h6-7,10-16,19-20H,3-5,8-9,17-18H2,1-2H3,(H,32,33). The Morgan fingerprint density at radius 1 is 1.08 bits per heavy atom. The molecule has 1 fully saturated rings. The SMILES string of the molecule is CC(C)COc1cc(F)cc(-c2ccc(C(=O)NS(=O)(=O)c3ccccn3)c(OCC3CCCCC3)n2)c1. The summed E-state index contributed by atoms with van der Waals surface area (Å²) in [6, 6.07) is 11.6. The number of benzene rings is 1. The molecule has 1 saturated carbocycles. The third-order valence-electron chi connectivity index (χ3n) is 6.18. The Labute approximate surface area is 222 Å². The van der Waals surface area contributed by atoms with Gasteiger partial charge in [0.2, 0.25) is 5.88 Å². The molecule has 0 atom stereocenters. The summed E-state index contributed by atoms with van der Waals surface area (Å²) < 4.78 is 53.5. The van der Waals surface area contributed by atoms with Crippen LogP contribution in [0.4, 0.5) is 4.39 Å². The molecule has 1 aromatic carbocycles. The second-order valence-corrected chi connectivity index (χ2v) is 11.5. The molecule has 0 spiro atoms. The average Bonchev–Trinajstić information content (AvgIpc) is 2.91. The summed E-state index contributed by atoms with van der Waals surface area (Å²) in [5, 5.41) is -0.281. The smallest absolute Gasteiger partial charge is 0.281 e. The van der Waals surface area contributed by atoms with E-state index in [1.807, 2.05) is 18.6 Å². The molecule has 8 nitrogen and oxygen atoms in total. The number of pyridine rings is 2. The van der Waals surface area contributed by atoms with Crippen molar-refractivity contribution in [3.63, 3.8) is 0 Å². The fourth-order valence-corrected chi connectivity index (χ4v) is 5.14. The number of nitrogens with zero attached hydrogens (tertiary/aromatic N) is 2. The van der Waals surface area contributed by atoms with Gasteiger partial charge in [0.1, 0.15) is 17.1 Å². The van der Waals surface area contributed by atoms with Crippen LogP contribution in [0.15, 0.2) is 59.8 Å². The Morgan fingerprint density at radius 2 is 1.87 bits per heavy atom. The van der Waals surface area contributed by atoms with Gasteiger partial charge in [-0.2, -0.15) is 8.42 Å². The lowest BCUT2D eigenvalue weighted by atomic mass is 9.90. The normalized spacial score (nSPS) is 14.3. The first kappa shape index (κ1) is 27.5. The van der Waals surface area contributed by atoms with E-state index in [-0.39, 0.29) is 22.4 Å². The number of rotatable bonds is 10. The Morgan fingerprint density at radius 3 is 2.58 bits per heavy atom. The lowest BCUT2D eigenvalue weighted by Gasteiger charge is -2.22. The summed E-state index contributed by atoms with van der Waals surface area (Å²) in [6.45, 7) is 4.76. The molecule has 1 N–H and O–H groups in total. The topological polar surface area (TPSA) is 107 Å². The number of hydrogen-bond donors (Lipinski definition) is 1. The highest BCUT2D eigenvalue weighted by Crippen LogP contribution is 2.30. The fraction of sp³-hybridized carbons (Fsp3) is 0.393. The van der Waals surface area contributed by atoms with Crippen LogP contribution in [0.3, 0.4) is 0 Å². The van der Waals surface area contributed by atoms with E-state index < -0.39 is 21.7 Å². The van der Waals surface area contributed by atoms with Gasteiger partial charge in [0.15, 0.2) is 5.03 Å². The van der Waals surface area contributed by atoms with Crippen LogP contribution in [0.2, 0.25) is 0 Å². The molecule has 4 rings (SSSR count). The number of ether oxygens (including phenoxy) is 2. The summed E-state index contributed by atoms with van der Waals surface area (Å²) >= 11 is 0. The number of nitrogens with one attached hydrogen (secondary N) is 1. The molecular formula is C28H32FN3O5S. The lowest BCUT2D eigenvalue weighted by molar-refractivity contribution is 0.0974. The molecule has 2 heterocycles. The van der Waals surface area contributed by atoms with E-state index in [0.29, 0.717) is 36.1 Å².